The fourth-order valence-electron chi connectivity index (χ4n) is 3.65. The van der Waals surface area contributed by atoms with Crippen LogP contribution in [0.5, 0.6) is 0 Å². The molecule has 1 fully saturated rings. The highest BCUT2D eigenvalue weighted by Crippen LogP contribution is 2.23. The van der Waals surface area contributed by atoms with Crippen molar-refractivity contribution in [1.82, 2.24) is 4.90 Å². The number of nitriles is 1. The van der Waals surface area contributed by atoms with E-state index in [9.17, 15) is 4.79 Å². The molecule has 1 amide bonds. The van der Waals surface area contributed by atoms with Crippen molar-refractivity contribution < 1.29 is 14.3 Å². The summed E-state index contributed by atoms with van der Waals surface area (Å²) < 4.78 is 10.5. The highest BCUT2D eigenvalue weighted by Gasteiger charge is 2.23. The predicted octanol–water partition coefficient (Wildman–Crippen LogP) is 3.82. The van der Waals surface area contributed by atoms with Gasteiger partial charge in [0, 0.05) is 25.8 Å². The van der Waals surface area contributed by atoms with Crippen molar-refractivity contribution in [1.29, 1.82) is 5.26 Å². The van der Waals surface area contributed by atoms with E-state index in [0.717, 1.165) is 32.4 Å². The maximum absolute atomic E-state index is 12.7. The Hall–Kier alpha value is -2.68. The molecule has 152 valence electrons. The number of carbonyl (C=O) groups is 1. The molecule has 3 rings (SSSR count). The molecule has 0 spiro atoms. The van der Waals surface area contributed by atoms with Crippen LogP contribution in [-0.2, 0) is 22.5 Å². The fourth-order valence-corrected chi connectivity index (χ4v) is 3.65. The number of likely N-dealkylation sites (tertiary alicyclic amines) is 1. The molecule has 0 bridgehead atoms. The summed E-state index contributed by atoms with van der Waals surface area (Å²) in [5.41, 5.74) is 3.74. The Labute approximate surface area is 172 Å². The number of ether oxygens (including phenoxy) is 2. The van der Waals surface area contributed by atoms with Crippen LogP contribution in [0.3, 0.4) is 0 Å². The van der Waals surface area contributed by atoms with E-state index in [-0.39, 0.29) is 5.91 Å². The number of methoxy groups -OCH3 is 1. The first-order valence-electron chi connectivity index (χ1n) is 10.1. The third-order valence-corrected chi connectivity index (χ3v) is 5.41. The average molecular weight is 392 g/mol. The van der Waals surface area contributed by atoms with Gasteiger partial charge in [-0.15, -0.1) is 0 Å². The van der Waals surface area contributed by atoms with Gasteiger partial charge in [0.1, 0.15) is 0 Å². The van der Waals surface area contributed by atoms with Crippen LogP contribution in [0.25, 0.3) is 0 Å². The van der Waals surface area contributed by atoms with Crippen LogP contribution in [0.1, 0.15) is 39.9 Å². The molecule has 0 unspecified atom stereocenters. The van der Waals surface area contributed by atoms with Gasteiger partial charge in [0.2, 0.25) is 0 Å². The van der Waals surface area contributed by atoms with Crippen LogP contribution < -0.4 is 0 Å². The molecule has 1 saturated heterocycles. The molecule has 1 heterocycles. The smallest absolute Gasteiger partial charge is 0.253 e. The molecule has 1 aliphatic rings. The molecule has 5 nitrogen and oxygen atoms in total. The van der Waals surface area contributed by atoms with Crippen LogP contribution in [0, 0.1) is 17.2 Å². The van der Waals surface area contributed by atoms with Crippen LogP contribution in [0.4, 0.5) is 0 Å². The summed E-state index contributed by atoms with van der Waals surface area (Å²) in [6.45, 7) is 3.41. The Morgan fingerprint density at radius 1 is 1.03 bits per heavy atom. The Kier molecular flexibility index (Phi) is 7.80. The molecule has 2 aromatic rings. The lowest BCUT2D eigenvalue weighted by Crippen LogP contribution is -2.38. The van der Waals surface area contributed by atoms with Gasteiger partial charge in [0.05, 0.1) is 31.5 Å². The largest absolute Gasteiger partial charge is 0.382 e. The molecule has 2 aromatic carbocycles. The van der Waals surface area contributed by atoms with Crippen molar-refractivity contribution in [3.8, 4) is 6.07 Å². The van der Waals surface area contributed by atoms with Crippen LogP contribution in [-0.4, -0.2) is 44.2 Å². The van der Waals surface area contributed by atoms with Crippen molar-refractivity contribution in [3.63, 3.8) is 0 Å². The molecule has 29 heavy (non-hydrogen) atoms. The lowest BCUT2D eigenvalue weighted by Gasteiger charge is -2.32. The lowest BCUT2D eigenvalue weighted by molar-refractivity contribution is 0.0616. The third kappa shape index (κ3) is 6.15. The van der Waals surface area contributed by atoms with E-state index in [1.165, 1.54) is 11.1 Å². The van der Waals surface area contributed by atoms with Gasteiger partial charge in [0.15, 0.2) is 0 Å². The van der Waals surface area contributed by atoms with Crippen LogP contribution in [0.15, 0.2) is 48.5 Å². The maximum Gasteiger partial charge on any atom is 0.253 e. The SMILES string of the molecule is COCCOCc1ccc(CC2CCN(C(=O)c3ccc(C#N)cc3)CC2)cc1. The normalized spacial score (nSPS) is 14.6. The Morgan fingerprint density at radius 2 is 1.69 bits per heavy atom. The number of amides is 1. The molecule has 1 aliphatic heterocycles. The van der Waals surface area contributed by atoms with E-state index < -0.39 is 0 Å². The summed E-state index contributed by atoms with van der Waals surface area (Å²) in [7, 11) is 1.67. The van der Waals surface area contributed by atoms with Crippen LogP contribution in [0.2, 0.25) is 0 Å². The second kappa shape index (κ2) is 10.8. The number of hydrogen-bond donors (Lipinski definition) is 0. The number of benzene rings is 2. The second-order valence-electron chi connectivity index (χ2n) is 7.49. The minimum atomic E-state index is 0.0609. The molecule has 0 atom stereocenters. The molecule has 0 radical (unpaired) electrons. The molecule has 0 aliphatic carbocycles. The van der Waals surface area contributed by atoms with E-state index in [2.05, 4.69) is 30.3 Å². The molecule has 0 saturated carbocycles. The van der Waals surface area contributed by atoms with Gasteiger partial charge >= 0.3 is 0 Å². The Bertz CT molecular complexity index is 817. The predicted molar refractivity (Wildman–Crippen MR) is 111 cm³/mol. The minimum absolute atomic E-state index is 0.0609. The number of nitrogens with zero attached hydrogens (tertiary/aromatic N) is 2. The topological polar surface area (TPSA) is 62.6 Å². The van der Waals surface area contributed by atoms with Gasteiger partial charge < -0.3 is 14.4 Å². The summed E-state index contributed by atoms with van der Waals surface area (Å²) >= 11 is 0. The van der Waals surface area contributed by atoms with E-state index in [4.69, 9.17) is 14.7 Å². The van der Waals surface area contributed by atoms with E-state index >= 15 is 0 Å². The number of hydrogen-bond acceptors (Lipinski definition) is 4. The highest BCUT2D eigenvalue weighted by molar-refractivity contribution is 5.94. The first kappa shape index (κ1) is 21.0. The Balaban J connectivity index is 1.44. The van der Waals surface area contributed by atoms with Gasteiger partial charge in [-0.1, -0.05) is 24.3 Å². The van der Waals surface area contributed by atoms with Crippen molar-refractivity contribution in [2.24, 2.45) is 5.92 Å². The molecule has 5 heteroatoms. The molecule has 0 N–H and O–H groups in total. The van der Waals surface area contributed by atoms with Crippen molar-refractivity contribution in [2.45, 2.75) is 25.9 Å². The highest BCUT2D eigenvalue weighted by atomic mass is 16.5. The van der Waals surface area contributed by atoms with Crippen molar-refractivity contribution in [2.75, 3.05) is 33.4 Å². The standard InChI is InChI=1S/C24H28N2O3/c1-28-14-15-29-18-22-4-2-19(3-5-22)16-20-10-12-26(13-11-20)24(27)23-8-6-21(17-25)7-9-23/h2-9,20H,10-16,18H2,1H3. The fraction of sp³-hybridized carbons (Fsp3) is 0.417. The quantitative estimate of drug-likeness (QED) is 0.641. The zero-order valence-electron chi connectivity index (χ0n) is 17.0. The van der Waals surface area contributed by atoms with Gasteiger partial charge in [0.25, 0.3) is 5.91 Å². The monoisotopic (exact) mass is 392 g/mol. The number of piperidine rings is 1. The molecular weight excluding hydrogens is 364 g/mol. The van der Waals surface area contributed by atoms with Crippen molar-refractivity contribution in [3.05, 3.63) is 70.8 Å². The van der Waals surface area contributed by atoms with Gasteiger partial charge in [-0.05, 0) is 60.6 Å². The number of rotatable bonds is 8. The van der Waals surface area contributed by atoms with E-state index in [1.807, 2.05) is 4.90 Å². The second-order valence-corrected chi connectivity index (χ2v) is 7.49. The Morgan fingerprint density at radius 3 is 2.31 bits per heavy atom. The lowest BCUT2D eigenvalue weighted by atomic mass is 9.89. The van der Waals surface area contributed by atoms with E-state index in [0.29, 0.717) is 36.9 Å². The third-order valence-electron chi connectivity index (χ3n) is 5.41. The minimum Gasteiger partial charge on any atom is -0.382 e. The summed E-state index contributed by atoms with van der Waals surface area (Å²) in [6, 6.07) is 17.6. The zero-order chi connectivity index (χ0) is 20.5. The molecule has 0 aromatic heterocycles. The van der Waals surface area contributed by atoms with E-state index in [1.54, 1.807) is 31.4 Å². The average Bonchev–Trinajstić information content (AvgIpc) is 2.78. The zero-order valence-corrected chi connectivity index (χ0v) is 17.0. The van der Waals surface area contributed by atoms with Gasteiger partial charge in [-0.25, -0.2) is 0 Å². The summed E-state index contributed by atoms with van der Waals surface area (Å²) in [4.78, 5) is 14.6. The first-order valence-corrected chi connectivity index (χ1v) is 10.1. The summed E-state index contributed by atoms with van der Waals surface area (Å²) in [5.74, 6) is 0.662. The maximum atomic E-state index is 12.7. The van der Waals surface area contributed by atoms with Gasteiger partial charge in [-0.3, -0.25) is 4.79 Å². The van der Waals surface area contributed by atoms with Crippen molar-refractivity contribution >= 4 is 5.91 Å². The number of carbonyl (C=O) groups excluding carboxylic acids is 1. The summed E-state index contributed by atoms with van der Waals surface area (Å²) in [5, 5.41) is 8.88. The van der Waals surface area contributed by atoms with Crippen LogP contribution >= 0.6 is 0 Å². The summed E-state index contributed by atoms with van der Waals surface area (Å²) in [6.07, 6.45) is 3.08. The first-order chi connectivity index (χ1) is 14.2. The molecular formula is C24H28N2O3. The van der Waals surface area contributed by atoms with Gasteiger partial charge in [-0.2, -0.15) is 5.26 Å².